The minimum atomic E-state index is -0.615. The van der Waals surface area contributed by atoms with Crippen LogP contribution in [-0.4, -0.2) is 30.3 Å². The Morgan fingerprint density at radius 3 is 2.94 bits per heavy atom. The summed E-state index contributed by atoms with van der Waals surface area (Å²) >= 11 is 5.96. The van der Waals surface area contributed by atoms with E-state index in [9.17, 15) is 9.90 Å². The van der Waals surface area contributed by atoms with Gasteiger partial charge in [0.05, 0.1) is 31.4 Å². The van der Waals surface area contributed by atoms with E-state index in [1.165, 1.54) is 4.90 Å². The highest BCUT2D eigenvalue weighted by molar-refractivity contribution is 6.31. The fourth-order valence-corrected chi connectivity index (χ4v) is 2.12. The molecule has 18 heavy (non-hydrogen) atoms. The van der Waals surface area contributed by atoms with Crippen molar-refractivity contribution in [2.24, 2.45) is 0 Å². The molecule has 0 bridgehead atoms. The van der Waals surface area contributed by atoms with Crippen molar-refractivity contribution >= 4 is 23.2 Å². The number of rotatable bonds is 4. The van der Waals surface area contributed by atoms with Crippen molar-refractivity contribution < 1.29 is 14.6 Å². The number of ether oxygens (including phenoxy) is 1. The summed E-state index contributed by atoms with van der Waals surface area (Å²) in [5.41, 5.74) is 0.637. The van der Waals surface area contributed by atoms with Crippen LogP contribution < -0.4 is 9.64 Å². The second kappa shape index (κ2) is 5.59. The number of benzene rings is 1. The Balaban J connectivity index is 2.29. The number of β-amino-alcohol motifs (C(OH)–C–C–N with tert-alkyl or cyclic N) is 1. The van der Waals surface area contributed by atoms with Crippen LogP contribution in [0.4, 0.5) is 5.69 Å². The molecule has 1 unspecified atom stereocenters. The molecular weight excluding hydrogens is 254 g/mol. The number of carbonyl (C=O) groups is 1. The summed E-state index contributed by atoms with van der Waals surface area (Å²) in [6, 6.07) is 5.18. The Hall–Kier alpha value is -1.26. The predicted molar refractivity (Wildman–Crippen MR) is 70.2 cm³/mol. The lowest BCUT2D eigenvalue weighted by Gasteiger charge is -2.20. The molecule has 98 valence electrons. The summed E-state index contributed by atoms with van der Waals surface area (Å²) < 4.78 is 5.60. The lowest BCUT2D eigenvalue weighted by molar-refractivity contribution is -0.117. The van der Waals surface area contributed by atoms with Gasteiger partial charge >= 0.3 is 0 Å². The summed E-state index contributed by atoms with van der Waals surface area (Å²) in [7, 11) is 0. The topological polar surface area (TPSA) is 49.8 Å². The lowest BCUT2D eigenvalue weighted by Crippen LogP contribution is -2.25. The Morgan fingerprint density at radius 1 is 1.56 bits per heavy atom. The summed E-state index contributed by atoms with van der Waals surface area (Å²) in [5, 5.41) is 10.1. The smallest absolute Gasteiger partial charge is 0.229 e. The normalized spacial score (nSPS) is 19.4. The molecule has 0 radical (unpaired) electrons. The number of amides is 1. The first-order valence-corrected chi connectivity index (χ1v) is 6.40. The van der Waals surface area contributed by atoms with Crippen molar-refractivity contribution in [3.8, 4) is 5.75 Å². The van der Waals surface area contributed by atoms with E-state index in [4.69, 9.17) is 16.3 Å². The molecule has 1 amide bonds. The zero-order valence-corrected chi connectivity index (χ0v) is 11.0. The van der Waals surface area contributed by atoms with Crippen LogP contribution in [0.25, 0.3) is 0 Å². The molecular formula is C13H16ClNO3. The third-order valence-electron chi connectivity index (χ3n) is 2.78. The maximum Gasteiger partial charge on any atom is 0.229 e. The molecule has 1 fully saturated rings. The molecule has 0 saturated carbocycles. The van der Waals surface area contributed by atoms with Gasteiger partial charge in [0.1, 0.15) is 5.75 Å². The van der Waals surface area contributed by atoms with Gasteiger partial charge in [0.2, 0.25) is 5.91 Å². The predicted octanol–water partition coefficient (Wildman–Crippen LogP) is 2.23. The average Bonchev–Trinajstić information content (AvgIpc) is 2.67. The zero-order valence-electron chi connectivity index (χ0n) is 10.2. The van der Waals surface area contributed by atoms with Crippen molar-refractivity contribution in [2.45, 2.75) is 25.9 Å². The number of hydrogen-bond acceptors (Lipinski definition) is 3. The average molecular weight is 270 g/mol. The van der Waals surface area contributed by atoms with Crippen LogP contribution in [0.1, 0.15) is 19.8 Å². The summed E-state index contributed by atoms with van der Waals surface area (Å²) in [5.74, 6) is 0.523. The summed E-state index contributed by atoms with van der Waals surface area (Å²) in [4.78, 5) is 13.3. The van der Waals surface area contributed by atoms with Gasteiger partial charge in [-0.3, -0.25) is 4.79 Å². The number of aliphatic hydroxyl groups is 1. The van der Waals surface area contributed by atoms with E-state index in [0.29, 0.717) is 29.6 Å². The number of carbonyl (C=O) groups excluding carboxylic acids is 1. The molecule has 4 nitrogen and oxygen atoms in total. The van der Waals surface area contributed by atoms with Crippen LogP contribution >= 0.6 is 11.6 Å². The Kier molecular flexibility index (Phi) is 4.09. The number of hydrogen-bond donors (Lipinski definition) is 1. The van der Waals surface area contributed by atoms with E-state index < -0.39 is 6.10 Å². The molecule has 1 heterocycles. The highest BCUT2D eigenvalue weighted by Crippen LogP contribution is 2.34. The van der Waals surface area contributed by atoms with Gasteiger partial charge in [-0.15, -0.1) is 0 Å². The minimum absolute atomic E-state index is 0.105. The Morgan fingerprint density at radius 2 is 2.33 bits per heavy atom. The first-order valence-electron chi connectivity index (χ1n) is 6.02. The van der Waals surface area contributed by atoms with Gasteiger partial charge in [-0.05, 0) is 24.6 Å². The van der Waals surface area contributed by atoms with Gasteiger partial charge in [-0.1, -0.05) is 18.5 Å². The van der Waals surface area contributed by atoms with Crippen molar-refractivity contribution in [2.75, 3.05) is 18.1 Å². The minimum Gasteiger partial charge on any atom is -0.491 e. The Labute approximate surface area is 111 Å². The second-order valence-electron chi connectivity index (χ2n) is 4.32. The quantitative estimate of drug-likeness (QED) is 0.912. The van der Waals surface area contributed by atoms with Crippen LogP contribution in [0.15, 0.2) is 18.2 Å². The van der Waals surface area contributed by atoms with Gasteiger partial charge in [0.25, 0.3) is 0 Å². The van der Waals surface area contributed by atoms with E-state index in [2.05, 4.69) is 0 Å². The fraction of sp³-hybridized carbons (Fsp3) is 0.462. The third kappa shape index (κ3) is 2.76. The highest BCUT2D eigenvalue weighted by atomic mass is 35.5. The van der Waals surface area contributed by atoms with E-state index >= 15 is 0 Å². The molecule has 1 N–H and O–H groups in total. The first-order chi connectivity index (χ1) is 8.61. The van der Waals surface area contributed by atoms with Gasteiger partial charge in [0.15, 0.2) is 0 Å². The van der Waals surface area contributed by atoms with Crippen molar-refractivity contribution in [1.29, 1.82) is 0 Å². The first kappa shape index (κ1) is 13.2. The molecule has 1 aliphatic rings. The van der Waals surface area contributed by atoms with E-state index in [0.717, 1.165) is 6.42 Å². The molecule has 0 aliphatic carbocycles. The maximum atomic E-state index is 11.8. The van der Waals surface area contributed by atoms with E-state index in [1.807, 2.05) is 6.92 Å². The molecule has 5 heteroatoms. The van der Waals surface area contributed by atoms with Crippen molar-refractivity contribution in [3.05, 3.63) is 23.2 Å². The molecule has 2 rings (SSSR count). The van der Waals surface area contributed by atoms with E-state index in [1.54, 1.807) is 18.2 Å². The fourth-order valence-electron chi connectivity index (χ4n) is 1.96. The highest BCUT2D eigenvalue weighted by Gasteiger charge is 2.31. The van der Waals surface area contributed by atoms with Crippen molar-refractivity contribution in [1.82, 2.24) is 0 Å². The Bertz CT molecular complexity index is 450. The number of aliphatic hydroxyl groups excluding tert-OH is 1. The zero-order chi connectivity index (χ0) is 13.1. The van der Waals surface area contributed by atoms with Crippen molar-refractivity contribution in [3.63, 3.8) is 0 Å². The second-order valence-corrected chi connectivity index (χ2v) is 4.76. The van der Waals surface area contributed by atoms with Gasteiger partial charge in [-0.25, -0.2) is 0 Å². The molecule has 1 aromatic rings. The summed E-state index contributed by atoms with van der Waals surface area (Å²) in [6.45, 7) is 2.89. The largest absolute Gasteiger partial charge is 0.491 e. The third-order valence-corrected chi connectivity index (χ3v) is 3.01. The molecule has 1 aromatic carbocycles. The lowest BCUT2D eigenvalue weighted by atomic mass is 10.2. The number of anilines is 1. The molecule has 0 aromatic heterocycles. The summed E-state index contributed by atoms with van der Waals surface area (Å²) in [6.07, 6.45) is 0.425. The number of halogens is 1. The maximum absolute atomic E-state index is 11.8. The van der Waals surface area contributed by atoms with Gasteiger partial charge in [0, 0.05) is 5.02 Å². The van der Waals surface area contributed by atoms with Crippen LogP contribution in [0.3, 0.4) is 0 Å². The molecule has 1 atom stereocenters. The van der Waals surface area contributed by atoms with Crippen LogP contribution in [-0.2, 0) is 4.79 Å². The van der Waals surface area contributed by atoms with Crippen LogP contribution in [0.5, 0.6) is 5.75 Å². The van der Waals surface area contributed by atoms with Gasteiger partial charge in [-0.2, -0.15) is 0 Å². The molecule has 1 saturated heterocycles. The van der Waals surface area contributed by atoms with Crippen LogP contribution in [0, 0.1) is 0 Å². The standard InChI is InChI=1S/C13H16ClNO3/c1-2-5-18-12-4-3-9(14)6-11(12)15-8-10(16)7-13(15)17/h3-4,6,10,16H,2,5,7-8H2,1H3. The van der Waals surface area contributed by atoms with Crippen LogP contribution in [0.2, 0.25) is 5.02 Å². The van der Waals surface area contributed by atoms with E-state index in [-0.39, 0.29) is 12.3 Å². The molecule has 1 aliphatic heterocycles. The van der Waals surface area contributed by atoms with Gasteiger partial charge < -0.3 is 14.7 Å². The number of nitrogens with zero attached hydrogens (tertiary/aromatic N) is 1. The monoisotopic (exact) mass is 269 g/mol. The SMILES string of the molecule is CCCOc1ccc(Cl)cc1N1CC(O)CC1=O. The molecule has 0 spiro atoms.